The van der Waals surface area contributed by atoms with Gasteiger partial charge in [-0.2, -0.15) is 0 Å². The lowest BCUT2D eigenvalue weighted by molar-refractivity contribution is 0.0949. The SMILES string of the molecule is O=C(NCCc1ccc(Cl)cc1)c1cc(NCc2ccncc2)ccn1. The molecule has 0 aliphatic heterocycles. The number of hydrogen-bond donors (Lipinski definition) is 2. The third kappa shape index (κ3) is 5.29. The Morgan fingerprint density at radius 3 is 2.50 bits per heavy atom. The van der Waals surface area contributed by atoms with Gasteiger partial charge in [0.05, 0.1) is 0 Å². The van der Waals surface area contributed by atoms with E-state index < -0.39 is 0 Å². The van der Waals surface area contributed by atoms with Crippen LogP contribution in [0.5, 0.6) is 0 Å². The van der Waals surface area contributed by atoms with E-state index in [0.29, 0.717) is 23.8 Å². The Labute approximate surface area is 157 Å². The van der Waals surface area contributed by atoms with Gasteiger partial charge in [-0.3, -0.25) is 14.8 Å². The maximum Gasteiger partial charge on any atom is 0.269 e. The van der Waals surface area contributed by atoms with Crippen molar-refractivity contribution in [1.29, 1.82) is 0 Å². The normalized spacial score (nSPS) is 10.3. The zero-order chi connectivity index (χ0) is 18.2. The highest BCUT2D eigenvalue weighted by Gasteiger charge is 2.07. The number of pyridine rings is 2. The largest absolute Gasteiger partial charge is 0.381 e. The van der Waals surface area contributed by atoms with Crippen LogP contribution in [0, 0.1) is 0 Å². The van der Waals surface area contributed by atoms with Crippen molar-refractivity contribution in [2.24, 2.45) is 0 Å². The molecule has 132 valence electrons. The molecule has 0 aliphatic rings. The summed E-state index contributed by atoms with van der Waals surface area (Å²) < 4.78 is 0. The van der Waals surface area contributed by atoms with Gasteiger partial charge >= 0.3 is 0 Å². The average Bonchev–Trinajstić information content (AvgIpc) is 2.69. The van der Waals surface area contributed by atoms with Gasteiger partial charge < -0.3 is 10.6 Å². The van der Waals surface area contributed by atoms with Crippen LogP contribution < -0.4 is 10.6 Å². The van der Waals surface area contributed by atoms with E-state index in [1.165, 1.54) is 0 Å². The van der Waals surface area contributed by atoms with Crippen LogP contribution in [0.4, 0.5) is 5.69 Å². The van der Waals surface area contributed by atoms with Crippen molar-refractivity contribution in [2.45, 2.75) is 13.0 Å². The Bertz CT molecular complexity index is 853. The van der Waals surface area contributed by atoms with Crippen molar-refractivity contribution in [3.63, 3.8) is 0 Å². The molecule has 0 aliphatic carbocycles. The van der Waals surface area contributed by atoms with Crippen molar-refractivity contribution >= 4 is 23.2 Å². The van der Waals surface area contributed by atoms with Crippen LogP contribution in [-0.4, -0.2) is 22.4 Å². The zero-order valence-electron chi connectivity index (χ0n) is 14.2. The number of carbonyl (C=O) groups is 1. The third-order valence-corrected chi connectivity index (χ3v) is 4.10. The second kappa shape index (κ2) is 8.97. The van der Waals surface area contributed by atoms with Crippen molar-refractivity contribution in [2.75, 3.05) is 11.9 Å². The number of amides is 1. The molecule has 3 rings (SSSR count). The zero-order valence-corrected chi connectivity index (χ0v) is 14.9. The summed E-state index contributed by atoms with van der Waals surface area (Å²) in [7, 11) is 0. The molecule has 0 unspecified atom stereocenters. The summed E-state index contributed by atoms with van der Waals surface area (Å²) in [6.45, 7) is 1.20. The molecule has 0 bridgehead atoms. The smallest absolute Gasteiger partial charge is 0.269 e. The number of hydrogen-bond acceptors (Lipinski definition) is 4. The molecule has 5 nitrogen and oxygen atoms in total. The monoisotopic (exact) mass is 366 g/mol. The molecule has 0 atom stereocenters. The first-order valence-electron chi connectivity index (χ1n) is 8.32. The summed E-state index contributed by atoms with van der Waals surface area (Å²) >= 11 is 5.87. The van der Waals surface area contributed by atoms with E-state index in [0.717, 1.165) is 23.2 Å². The van der Waals surface area contributed by atoms with Crippen molar-refractivity contribution in [1.82, 2.24) is 15.3 Å². The number of rotatable bonds is 7. The molecule has 2 aromatic heterocycles. The van der Waals surface area contributed by atoms with Crippen LogP contribution in [0.25, 0.3) is 0 Å². The molecule has 2 N–H and O–H groups in total. The molecule has 0 saturated heterocycles. The Balaban J connectivity index is 1.51. The Hall–Kier alpha value is -2.92. The predicted octanol–water partition coefficient (Wildman–Crippen LogP) is 3.71. The number of anilines is 1. The molecule has 2 heterocycles. The van der Waals surface area contributed by atoms with E-state index in [1.54, 1.807) is 24.7 Å². The summed E-state index contributed by atoms with van der Waals surface area (Å²) in [5, 5.41) is 6.88. The van der Waals surface area contributed by atoms with Crippen molar-refractivity contribution in [3.05, 3.63) is 89.0 Å². The first-order valence-corrected chi connectivity index (χ1v) is 8.70. The van der Waals surface area contributed by atoms with Crippen LogP contribution in [0.2, 0.25) is 5.02 Å². The maximum absolute atomic E-state index is 12.3. The van der Waals surface area contributed by atoms with Gasteiger partial charge in [0.15, 0.2) is 0 Å². The number of nitrogens with one attached hydrogen (secondary N) is 2. The standard InChI is InChI=1S/C20H19ClN4O/c21-17-3-1-15(2-4-17)7-11-24-20(26)19-13-18(8-12-23-19)25-14-16-5-9-22-10-6-16/h1-6,8-10,12-13H,7,11,14H2,(H,23,25)(H,24,26). The summed E-state index contributed by atoms with van der Waals surface area (Å²) in [5.41, 5.74) is 3.47. The van der Waals surface area contributed by atoms with Crippen molar-refractivity contribution in [3.8, 4) is 0 Å². The van der Waals surface area contributed by atoms with Gasteiger partial charge in [0.25, 0.3) is 5.91 Å². The fourth-order valence-corrected chi connectivity index (χ4v) is 2.56. The third-order valence-electron chi connectivity index (χ3n) is 3.85. The van der Waals surface area contributed by atoms with E-state index in [4.69, 9.17) is 11.6 Å². The van der Waals surface area contributed by atoms with Gasteiger partial charge in [-0.15, -0.1) is 0 Å². The van der Waals surface area contributed by atoms with E-state index in [-0.39, 0.29) is 5.91 Å². The molecule has 1 amide bonds. The van der Waals surface area contributed by atoms with Crippen LogP contribution in [0.15, 0.2) is 67.1 Å². The van der Waals surface area contributed by atoms with Crippen LogP contribution >= 0.6 is 11.6 Å². The Morgan fingerprint density at radius 2 is 1.73 bits per heavy atom. The highest BCUT2D eigenvalue weighted by molar-refractivity contribution is 6.30. The minimum Gasteiger partial charge on any atom is -0.381 e. The summed E-state index contributed by atoms with van der Waals surface area (Å²) in [4.78, 5) is 20.4. The lowest BCUT2D eigenvalue weighted by Gasteiger charge is -2.09. The number of nitrogens with zero attached hydrogens (tertiary/aromatic N) is 2. The first-order chi connectivity index (χ1) is 12.7. The number of benzene rings is 1. The van der Waals surface area contributed by atoms with Gasteiger partial charge in [0, 0.05) is 42.4 Å². The van der Waals surface area contributed by atoms with E-state index >= 15 is 0 Å². The highest BCUT2D eigenvalue weighted by atomic mass is 35.5. The predicted molar refractivity (Wildman–Crippen MR) is 103 cm³/mol. The van der Waals surface area contributed by atoms with Gasteiger partial charge in [-0.1, -0.05) is 23.7 Å². The molecule has 0 saturated carbocycles. The van der Waals surface area contributed by atoms with Crippen LogP contribution in [0.1, 0.15) is 21.6 Å². The van der Waals surface area contributed by atoms with E-state index in [2.05, 4.69) is 20.6 Å². The Kier molecular flexibility index (Phi) is 6.17. The summed E-state index contributed by atoms with van der Waals surface area (Å²) in [6.07, 6.45) is 5.87. The summed E-state index contributed by atoms with van der Waals surface area (Å²) in [6, 6.07) is 15.1. The fourth-order valence-electron chi connectivity index (χ4n) is 2.43. The minimum atomic E-state index is -0.188. The molecule has 0 radical (unpaired) electrons. The highest BCUT2D eigenvalue weighted by Crippen LogP contribution is 2.11. The topological polar surface area (TPSA) is 66.9 Å². The molecule has 6 heteroatoms. The summed E-state index contributed by atoms with van der Waals surface area (Å²) in [5.74, 6) is -0.188. The number of aromatic nitrogens is 2. The molecule has 0 spiro atoms. The van der Waals surface area contributed by atoms with Gasteiger partial charge in [-0.25, -0.2) is 0 Å². The minimum absolute atomic E-state index is 0.188. The lowest BCUT2D eigenvalue weighted by atomic mass is 10.1. The maximum atomic E-state index is 12.3. The van der Waals surface area contributed by atoms with E-state index in [9.17, 15) is 4.79 Å². The second-order valence-corrected chi connectivity index (χ2v) is 6.21. The molecule has 1 aromatic carbocycles. The molecular weight excluding hydrogens is 348 g/mol. The van der Waals surface area contributed by atoms with Crippen LogP contribution in [0.3, 0.4) is 0 Å². The van der Waals surface area contributed by atoms with Gasteiger partial charge in [0.1, 0.15) is 5.69 Å². The second-order valence-electron chi connectivity index (χ2n) is 5.77. The van der Waals surface area contributed by atoms with Gasteiger partial charge in [-0.05, 0) is 53.9 Å². The first kappa shape index (κ1) is 17.9. The average molecular weight is 367 g/mol. The van der Waals surface area contributed by atoms with Crippen molar-refractivity contribution < 1.29 is 4.79 Å². The Morgan fingerprint density at radius 1 is 0.962 bits per heavy atom. The molecular formula is C20H19ClN4O. The van der Waals surface area contributed by atoms with Crippen LogP contribution in [-0.2, 0) is 13.0 Å². The quantitative estimate of drug-likeness (QED) is 0.668. The number of halogens is 1. The van der Waals surface area contributed by atoms with Gasteiger partial charge in [0.2, 0.25) is 0 Å². The fraction of sp³-hybridized carbons (Fsp3) is 0.150. The number of carbonyl (C=O) groups excluding carboxylic acids is 1. The van der Waals surface area contributed by atoms with E-state index in [1.807, 2.05) is 42.5 Å². The molecule has 0 fully saturated rings. The lowest BCUT2D eigenvalue weighted by Crippen LogP contribution is -2.26. The molecule has 26 heavy (non-hydrogen) atoms. The molecule has 3 aromatic rings.